The predicted molar refractivity (Wildman–Crippen MR) is 61.2 cm³/mol. The van der Waals surface area contributed by atoms with Gasteiger partial charge in [0.15, 0.2) is 0 Å². The average Bonchev–Trinajstić information content (AvgIpc) is 2.35. The van der Waals surface area contributed by atoms with E-state index >= 15 is 0 Å². The standard InChI is InChI=1S/C12H12N2O2/c1-9(15-2)8-16-12-7-13-10-5-3-4-6-11(10)14-12/h3-7H,1,8H2,2H3. The molecular weight excluding hydrogens is 204 g/mol. The van der Waals surface area contributed by atoms with Gasteiger partial charge in [0.2, 0.25) is 5.88 Å². The van der Waals surface area contributed by atoms with Gasteiger partial charge in [0.1, 0.15) is 12.4 Å². The zero-order valence-electron chi connectivity index (χ0n) is 9.01. The van der Waals surface area contributed by atoms with Crippen molar-refractivity contribution < 1.29 is 9.47 Å². The molecule has 1 aromatic heterocycles. The number of hydrogen-bond donors (Lipinski definition) is 0. The maximum atomic E-state index is 5.37. The van der Waals surface area contributed by atoms with Gasteiger partial charge in [0, 0.05) is 0 Å². The third-order valence-electron chi connectivity index (χ3n) is 2.10. The second-order valence-electron chi connectivity index (χ2n) is 3.23. The monoisotopic (exact) mass is 216 g/mol. The van der Waals surface area contributed by atoms with Crippen molar-refractivity contribution in [3.8, 4) is 5.88 Å². The van der Waals surface area contributed by atoms with Crippen molar-refractivity contribution in [1.29, 1.82) is 0 Å². The molecule has 82 valence electrons. The summed E-state index contributed by atoms with van der Waals surface area (Å²) in [5.41, 5.74) is 1.66. The Morgan fingerprint density at radius 2 is 2.06 bits per heavy atom. The zero-order chi connectivity index (χ0) is 11.4. The Labute approximate surface area is 93.5 Å². The minimum absolute atomic E-state index is 0.281. The molecule has 0 N–H and O–H groups in total. The quantitative estimate of drug-likeness (QED) is 0.735. The van der Waals surface area contributed by atoms with Gasteiger partial charge in [0.25, 0.3) is 0 Å². The summed E-state index contributed by atoms with van der Waals surface area (Å²) in [4.78, 5) is 8.53. The molecule has 0 aliphatic heterocycles. The average molecular weight is 216 g/mol. The number of aromatic nitrogens is 2. The van der Waals surface area contributed by atoms with Gasteiger partial charge in [-0.15, -0.1) is 0 Å². The molecule has 0 aliphatic carbocycles. The molecule has 0 atom stereocenters. The Morgan fingerprint density at radius 3 is 2.81 bits per heavy atom. The van der Waals surface area contributed by atoms with Crippen LogP contribution in [0.5, 0.6) is 5.88 Å². The Balaban J connectivity index is 2.16. The lowest BCUT2D eigenvalue weighted by Crippen LogP contribution is -2.03. The maximum absolute atomic E-state index is 5.37. The normalized spacial score (nSPS) is 10.1. The number of para-hydroxylation sites is 2. The molecule has 0 unspecified atom stereocenters. The topological polar surface area (TPSA) is 44.2 Å². The van der Waals surface area contributed by atoms with Crippen LogP contribution in [0.25, 0.3) is 11.0 Å². The van der Waals surface area contributed by atoms with Crippen LogP contribution >= 0.6 is 0 Å². The molecule has 2 rings (SSSR count). The van der Waals surface area contributed by atoms with Crippen LogP contribution in [-0.2, 0) is 4.74 Å². The second-order valence-corrected chi connectivity index (χ2v) is 3.23. The van der Waals surface area contributed by atoms with Crippen molar-refractivity contribution in [2.24, 2.45) is 0 Å². The number of benzene rings is 1. The highest BCUT2D eigenvalue weighted by Crippen LogP contribution is 2.13. The Kier molecular flexibility index (Phi) is 3.00. The number of ether oxygens (including phenoxy) is 2. The van der Waals surface area contributed by atoms with Gasteiger partial charge in [-0.25, -0.2) is 9.97 Å². The highest BCUT2D eigenvalue weighted by atomic mass is 16.5. The van der Waals surface area contributed by atoms with Crippen LogP contribution in [0.4, 0.5) is 0 Å². The smallest absolute Gasteiger partial charge is 0.233 e. The van der Waals surface area contributed by atoms with Crippen LogP contribution in [0.3, 0.4) is 0 Å². The molecule has 0 amide bonds. The Morgan fingerprint density at radius 1 is 1.31 bits per heavy atom. The molecule has 16 heavy (non-hydrogen) atoms. The van der Waals surface area contributed by atoms with Crippen molar-refractivity contribution >= 4 is 11.0 Å². The van der Waals surface area contributed by atoms with Crippen molar-refractivity contribution in [3.05, 3.63) is 42.8 Å². The molecule has 0 saturated heterocycles. The van der Waals surface area contributed by atoms with Gasteiger partial charge >= 0.3 is 0 Å². The van der Waals surface area contributed by atoms with Gasteiger partial charge < -0.3 is 9.47 Å². The highest BCUT2D eigenvalue weighted by molar-refractivity contribution is 5.73. The summed E-state index contributed by atoms with van der Waals surface area (Å²) in [7, 11) is 1.55. The molecule has 2 aromatic rings. The number of fused-ring (bicyclic) bond motifs is 1. The highest BCUT2D eigenvalue weighted by Gasteiger charge is 2.00. The summed E-state index contributed by atoms with van der Waals surface area (Å²) in [5, 5.41) is 0. The van der Waals surface area contributed by atoms with E-state index in [9.17, 15) is 0 Å². The largest absolute Gasteiger partial charge is 0.498 e. The molecule has 0 spiro atoms. The van der Waals surface area contributed by atoms with E-state index < -0.39 is 0 Å². The van der Waals surface area contributed by atoms with E-state index in [4.69, 9.17) is 9.47 Å². The summed E-state index contributed by atoms with van der Waals surface area (Å²) < 4.78 is 10.3. The third-order valence-corrected chi connectivity index (χ3v) is 2.10. The lowest BCUT2D eigenvalue weighted by molar-refractivity contribution is 0.217. The fourth-order valence-corrected chi connectivity index (χ4v) is 1.22. The van der Waals surface area contributed by atoms with Crippen molar-refractivity contribution in [3.63, 3.8) is 0 Å². The van der Waals surface area contributed by atoms with E-state index in [2.05, 4.69) is 16.5 Å². The number of nitrogens with zero attached hydrogens (tertiary/aromatic N) is 2. The van der Waals surface area contributed by atoms with E-state index in [0.717, 1.165) is 11.0 Å². The molecule has 4 nitrogen and oxygen atoms in total. The van der Waals surface area contributed by atoms with Crippen molar-refractivity contribution in [1.82, 2.24) is 9.97 Å². The maximum Gasteiger partial charge on any atom is 0.233 e. The first-order valence-electron chi connectivity index (χ1n) is 4.86. The summed E-state index contributed by atoms with van der Waals surface area (Å²) >= 11 is 0. The van der Waals surface area contributed by atoms with E-state index in [1.807, 2.05) is 24.3 Å². The minimum atomic E-state index is 0.281. The molecule has 1 heterocycles. The lowest BCUT2D eigenvalue weighted by atomic mass is 10.3. The molecule has 0 saturated carbocycles. The van der Waals surface area contributed by atoms with Crippen LogP contribution in [-0.4, -0.2) is 23.7 Å². The number of hydrogen-bond acceptors (Lipinski definition) is 4. The number of rotatable bonds is 4. The summed E-state index contributed by atoms with van der Waals surface area (Å²) in [6.07, 6.45) is 1.59. The van der Waals surface area contributed by atoms with Crippen molar-refractivity contribution in [2.75, 3.05) is 13.7 Å². The lowest BCUT2D eigenvalue weighted by Gasteiger charge is -2.06. The van der Waals surface area contributed by atoms with E-state index in [1.165, 1.54) is 0 Å². The van der Waals surface area contributed by atoms with Gasteiger partial charge in [-0.3, -0.25) is 0 Å². The van der Waals surface area contributed by atoms with E-state index in [0.29, 0.717) is 11.6 Å². The second kappa shape index (κ2) is 4.61. The third kappa shape index (κ3) is 2.28. The molecule has 0 fully saturated rings. The Hall–Kier alpha value is -2.10. The van der Waals surface area contributed by atoms with E-state index in [1.54, 1.807) is 13.3 Å². The number of methoxy groups -OCH3 is 1. The fourth-order valence-electron chi connectivity index (χ4n) is 1.22. The Bertz CT molecular complexity index is 511. The first kappa shape index (κ1) is 10.4. The zero-order valence-corrected chi connectivity index (χ0v) is 9.01. The molecule has 1 aromatic carbocycles. The van der Waals surface area contributed by atoms with Crippen molar-refractivity contribution in [2.45, 2.75) is 0 Å². The molecule has 0 aliphatic rings. The van der Waals surface area contributed by atoms with Crippen LogP contribution in [0.2, 0.25) is 0 Å². The molecule has 0 radical (unpaired) electrons. The van der Waals surface area contributed by atoms with Gasteiger partial charge in [-0.05, 0) is 12.1 Å². The van der Waals surface area contributed by atoms with Crippen LogP contribution in [0, 0.1) is 0 Å². The minimum Gasteiger partial charge on any atom is -0.498 e. The summed E-state index contributed by atoms with van der Waals surface area (Å²) in [6, 6.07) is 7.62. The first-order valence-corrected chi connectivity index (χ1v) is 4.86. The molecular formula is C12H12N2O2. The van der Waals surface area contributed by atoms with Gasteiger partial charge in [-0.1, -0.05) is 18.7 Å². The van der Waals surface area contributed by atoms with Crippen LogP contribution in [0.15, 0.2) is 42.8 Å². The SMILES string of the molecule is C=C(COc1cnc2ccccc2n1)OC. The first-order chi connectivity index (χ1) is 7.79. The van der Waals surface area contributed by atoms with Crippen LogP contribution in [0.1, 0.15) is 0 Å². The van der Waals surface area contributed by atoms with Gasteiger partial charge in [0.05, 0.1) is 24.3 Å². The van der Waals surface area contributed by atoms with Gasteiger partial charge in [-0.2, -0.15) is 0 Å². The van der Waals surface area contributed by atoms with E-state index in [-0.39, 0.29) is 6.61 Å². The fraction of sp³-hybridized carbons (Fsp3) is 0.167. The summed E-state index contributed by atoms with van der Waals surface area (Å²) in [6.45, 7) is 3.94. The summed E-state index contributed by atoms with van der Waals surface area (Å²) in [5.74, 6) is 1.02. The predicted octanol–water partition coefficient (Wildman–Crippen LogP) is 2.17. The molecule has 4 heteroatoms. The van der Waals surface area contributed by atoms with Crippen LogP contribution < -0.4 is 4.74 Å². The molecule has 0 bridgehead atoms.